The molecular weight excluding hydrogens is 446 g/mol. The van der Waals surface area contributed by atoms with Crippen molar-refractivity contribution in [2.75, 3.05) is 11.4 Å². The van der Waals surface area contributed by atoms with Crippen molar-refractivity contribution in [3.05, 3.63) is 41.5 Å². The van der Waals surface area contributed by atoms with Crippen LogP contribution in [-0.4, -0.2) is 48.6 Å². The first-order chi connectivity index (χ1) is 16.7. The van der Waals surface area contributed by atoms with Gasteiger partial charge in [0.2, 0.25) is 5.91 Å². The molecule has 2 aliphatic rings. The van der Waals surface area contributed by atoms with E-state index in [2.05, 4.69) is 10.2 Å². The first kappa shape index (κ1) is 23.2. The third kappa shape index (κ3) is 4.10. The highest BCUT2D eigenvalue weighted by atomic mass is 16.3. The minimum absolute atomic E-state index is 0.00113. The van der Waals surface area contributed by atoms with Crippen molar-refractivity contribution in [3.8, 4) is 34.6 Å². The molecule has 1 saturated carbocycles. The second-order valence-electron chi connectivity index (χ2n) is 9.91. The minimum Gasteiger partial charge on any atom is -0.508 e. The van der Waals surface area contributed by atoms with E-state index in [1.807, 2.05) is 36.9 Å². The maximum absolute atomic E-state index is 13.2. The second-order valence-corrected chi connectivity index (χ2v) is 9.91. The van der Waals surface area contributed by atoms with E-state index in [1.54, 1.807) is 6.07 Å². The predicted molar refractivity (Wildman–Crippen MR) is 132 cm³/mol. The highest BCUT2D eigenvalue weighted by Crippen LogP contribution is 2.40. The Kier molecular flexibility index (Phi) is 5.88. The molecule has 184 valence electrons. The monoisotopic (exact) mass is 477 g/mol. The van der Waals surface area contributed by atoms with Gasteiger partial charge in [-0.2, -0.15) is 0 Å². The molecule has 5 N–H and O–H groups in total. The van der Waals surface area contributed by atoms with Gasteiger partial charge in [0.1, 0.15) is 11.5 Å². The molecule has 0 spiro atoms. The summed E-state index contributed by atoms with van der Waals surface area (Å²) in [5.74, 6) is 0.284. The van der Waals surface area contributed by atoms with Crippen LogP contribution in [0.5, 0.6) is 17.5 Å². The van der Waals surface area contributed by atoms with Crippen LogP contribution in [0.4, 0.5) is 5.69 Å². The quantitative estimate of drug-likeness (QED) is 0.451. The zero-order chi connectivity index (χ0) is 24.9. The summed E-state index contributed by atoms with van der Waals surface area (Å²) in [6.45, 7) is 4.50. The zero-order valence-corrected chi connectivity index (χ0v) is 20.0. The third-order valence-corrected chi connectivity index (χ3v) is 7.26. The van der Waals surface area contributed by atoms with Gasteiger partial charge in [-0.15, -0.1) is 5.10 Å². The normalized spacial score (nSPS) is 19.8. The van der Waals surface area contributed by atoms with Crippen LogP contribution >= 0.6 is 0 Å². The molecule has 9 heteroatoms. The van der Waals surface area contributed by atoms with E-state index >= 15 is 0 Å². The SMILES string of the molecule is CC(C)c1cc(-c2nnc(O)n2-c2ccc3c(c2)CCN3C(=O)C2CCC(N)CC2)c(O)cc1O. The van der Waals surface area contributed by atoms with E-state index in [0.717, 1.165) is 36.9 Å². The van der Waals surface area contributed by atoms with Gasteiger partial charge >= 0.3 is 6.01 Å². The molecule has 5 rings (SSSR count). The Morgan fingerprint density at radius 1 is 1.03 bits per heavy atom. The Balaban J connectivity index is 1.49. The number of benzene rings is 2. The highest BCUT2D eigenvalue weighted by Gasteiger charge is 2.33. The van der Waals surface area contributed by atoms with Crippen LogP contribution in [0.15, 0.2) is 30.3 Å². The van der Waals surface area contributed by atoms with Gasteiger partial charge < -0.3 is 26.0 Å². The molecule has 1 aliphatic carbocycles. The Hall–Kier alpha value is -3.59. The van der Waals surface area contributed by atoms with E-state index < -0.39 is 0 Å². The van der Waals surface area contributed by atoms with Crippen LogP contribution in [0.2, 0.25) is 0 Å². The van der Waals surface area contributed by atoms with Crippen molar-refractivity contribution in [1.82, 2.24) is 14.8 Å². The molecule has 1 aliphatic heterocycles. The van der Waals surface area contributed by atoms with Crippen molar-refractivity contribution in [1.29, 1.82) is 0 Å². The summed E-state index contributed by atoms with van der Waals surface area (Å²) < 4.78 is 1.46. The van der Waals surface area contributed by atoms with Crippen molar-refractivity contribution in [3.63, 3.8) is 0 Å². The molecule has 0 saturated heterocycles. The Morgan fingerprint density at radius 2 is 1.77 bits per heavy atom. The van der Waals surface area contributed by atoms with E-state index in [4.69, 9.17) is 5.73 Å². The van der Waals surface area contributed by atoms with E-state index in [9.17, 15) is 20.1 Å². The van der Waals surface area contributed by atoms with Gasteiger partial charge in [0.15, 0.2) is 5.82 Å². The molecule has 0 bridgehead atoms. The number of fused-ring (bicyclic) bond motifs is 1. The van der Waals surface area contributed by atoms with Crippen LogP contribution in [-0.2, 0) is 11.2 Å². The molecule has 0 unspecified atom stereocenters. The maximum atomic E-state index is 13.2. The summed E-state index contributed by atoms with van der Waals surface area (Å²) >= 11 is 0. The fourth-order valence-corrected chi connectivity index (χ4v) is 5.27. The van der Waals surface area contributed by atoms with Gasteiger partial charge in [0, 0.05) is 30.3 Å². The number of amides is 1. The lowest BCUT2D eigenvalue weighted by Gasteiger charge is -2.29. The molecule has 1 amide bonds. The lowest BCUT2D eigenvalue weighted by atomic mass is 9.85. The first-order valence-electron chi connectivity index (χ1n) is 12.2. The van der Waals surface area contributed by atoms with Gasteiger partial charge in [-0.3, -0.25) is 4.79 Å². The number of hydrogen-bond acceptors (Lipinski definition) is 7. The number of rotatable bonds is 4. The number of nitrogens with two attached hydrogens (primary N) is 1. The summed E-state index contributed by atoms with van der Waals surface area (Å²) in [6, 6.07) is 8.46. The van der Waals surface area contributed by atoms with Gasteiger partial charge in [0.25, 0.3) is 0 Å². The number of aromatic nitrogens is 3. The number of anilines is 1. The number of carbonyl (C=O) groups is 1. The van der Waals surface area contributed by atoms with Crippen LogP contribution in [0.3, 0.4) is 0 Å². The Morgan fingerprint density at radius 3 is 2.49 bits per heavy atom. The fraction of sp³-hybridized carbons (Fsp3) is 0.423. The standard InChI is InChI=1S/C26H31N5O4/c1-14(2)19-12-20(23(33)13-22(19)32)24-28-29-26(35)31(24)18-7-8-21-16(11-18)9-10-30(21)25(34)15-3-5-17(27)6-4-15/h7-8,11-15,17,32-33H,3-6,9-10,27H2,1-2H3,(H,29,35). The van der Waals surface area contributed by atoms with E-state index in [0.29, 0.717) is 29.8 Å². The second kappa shape index (κ2) is 8.88. The minimum atomic E-state index is -0.317. The molecule has 2 aromatic carbocycles. The van der Waals surface area contributed by atoms with Crippen LogP contribution in [0, 0.1) is 5.92 Å². The molecule has 9 nitrogen and oxygen atoms in total. The summed E-state index contributed by atoms with van der Waals surface area (Å²) in [6.07, 6.45) is 4.14. The Bertz CT molecular complexity index is 1280. The van der Waals surface area contributed by atoms with Gasteiger partial charge in [0.05, 0.1) is 11.3 Å². The summed E-state index contributed by atoms with van der Waals surface area (Å²) in [7, 11) is 0. The maximum Gasteiger partial charge on any atom is 0.319 e. The average molecular weight is 478 g/mol. The predicted octanol–water partition coefficient (Wildman–Crippen LogP) is 3.58. The van der Waals surface area contributed by atoms with Gasteiger partial charge in [-0.05, 0) is 73.4 Å². The molecular formula is C26H31N5O4. The topological polar surface area (TPSA) is 138 Å². The van der Waals surface area contributed by atoms with Gasteiger partial charge in [-0.1, -0.05) is 18.9 Å². The van der Waals surface area contributed by atoms with Crippen LogP contribution < -0.4 is 10.6 Å². The summed E-state index contributed by atoms with van der Waals surface area (Å²) in [4.78, 5) is 15.1. The van der Waals surface area contributed by atoms with Crippen molar-refractivity contribution >= 4 is 11.6 Å². The molecule has 35 heavy (non-hydrogen) atoms. The van der Waals surface area contributed by atoms with Crippen LogP contribution in [0.1, 0.15) is 56.6 Å². The fourth-order valence-electron chi connectivity index (χ4n) is 5.27. The number of nitrogens with zero attached hydrogens (tertiary/aromatic N) is 4. The Labute approximate surface area is 203 Å². The third-order valence-electron chi connectivity index (χ3n) is 7.26. The number of phenolic OH excluding ortho intramolecular Hbond substituents is 2. The van der Waals surface area contributed by atoms with Crippen molar-refractivity contribution in [2.24, 2.45) is 11.7 Å². The number of aromatic hydroxyl groups is 3. The lowest BCUT2D eigenvalue weighted by molar-refractivity contribution is -0.123. The largest absolute Gasteiger partial charge is 0.508 e. The van der Waals surface area contributed by atoms with E-state index in [1.165, 1.54) is 10.6 Å². The number of carbonyl (C=O) groups excluding carboxylic acids is 1. The average Bonchev–Trinajstić information content (AvgIpc) is 3.42. The first-order valence-corrected chi connectivity index (χ1v) is 12.2. The van der Waals surface area contributed by atoms with E-state index in [-0.39, 0.29) is 47.1 Å². The molecule has 1 fully saturated rings. The van der Waals surface area contributed by atoms with Crippen molar-refractivity contribution < 1.29 is 20.1 Å². The zero-order valence-electron chi connectivity index (χ0n) is 20.0. The smallest absolute Gasteiger partial charge is 0.319 e. The highest BCUT2D eigenvalue weighted by molar-refractivity contribution is 5.97. The molecule has 0 radical (unpaired) electrons. The number of phenols is 2. The lowest BCUT2D eigenvalue weighted by Crippen LogP contribution is -2.38. The summed E-state index contributed by atoms with van der Waals surface area (Å²) in [5, 5.41) is 39.2. The summed E-state index contributed by atoms with van der Waals surface area (Å²) in [5.41, 5.74) is 9.53. The molecule has 2 heterocycles. The van der Waals surface area contributed by atoms with Crippen LogP contribution in [0.25, 0.3) is 17.1 Å². The number of hydrogen-bond donors (Lipinski definition) is 4. The molecule has 1 aromatic heterocycles. The van der Waals surface area contributed by atoms with Gasteiger partial charge in [-0.25, -0.2) is 4.57 Å². The molecule has 0 atom stereocenters. The van der Waals surface area contributed by atoms with Crippen molar-refractivity contribution in [2.45, 2.75) is 57.9 Å². The molecule has 3 aromatic rings.